The highest BCUT2D eigenvalue weighted by molar-refractivity contribution is 5.33. The molecule has 18 heavy (non-hydrogen) atoms. The first kappa shape index (κ1) is 13.3. The van der Waals surface area contributed by atoms with Crippen LogP contribution >= 0.6 is 0 Å². The topological polar surface area (TPSA) is 60.2 Å². The van der Waals surface area contributed by atoms with Crippen LogP contribution in [-0.2, 0) is 0 Å². The molecule has 1 aromatic rings. The molecule has 0 aromatic carbocycles. The monoisotopic (exact) mass is 249 g/mol. The number of rotatable bonds is 4. The molecule has 1 aliphatic rings. The SMILES string of the molecule is COc1cnccc1C(NN)C1CCCCCC1. The lowest BCUT2D eigenvalue weighted by molar-refractivity contribution is 0.315. The first-order chi connectivity index (χ1) is 8.86. The quantitative estimate of drug-likeness (QED) is 0.489. The molecular formula is C14H23N3O. The van der Waals surface area contributed by atoms with Crippen molar-refractivity contribution in [1.82, 2.24) is 10.4 Å². The van der Waals surface area contributed by atoms with Gasteiger partial charge in [0.2, 0.25) is 0 Å². The minimum atomic E-state index is 0.168. The van der Waals surface area contributed by atoms with Crippen molar-refractivity contribution in [2.75, 3.05) is 7.11 Å². The standard InChI is InChI=1S/C14H23N3O/c1-18-13-10-16-9-8-12(13)14(17-15)11-6-4-2-3-5-7-11/h8-11,14,17H,2-7,15H2,1H3. The number of nitrogens with one attached hydrogen (secondary N) is 1. The largest absolute Gasteiger partial charge is 0.495 e. The molecular weight excluding hydrogens is 226 g/mol. The van der Waals surface area contributed by atoms with E-state index in [2.05, 4.69) is 10.4 Å². The molecule has 2 rings (SSSR count). The molecule has 0 radical (unpaired) electrons. The molecule has 0 amide bonds. The van der Waals surface area contributed by atoms with Crippen LogP contribution in [0.5, 0.6) is 5.75 Å². The average molecular weight is 249 g/mol. The molecule has 1 aliphatic carbocycles. The zero-order valence-corrected chi connectivity index (χ0v) is 11.1. The zero-order valence-electron chi connectivity index (χ0n) is 11.1. The maximum atomic E-state index is 5.78. The minimum absolute atomic E-state index is 0.168. The van der Waals surface area contributed by atoms with Crippen molar-refractivity contribution in [2.45, 2.75) is 44.6 Å². The highest BCUT2D eigenvalue weighted by Crippen LogP contribution is 2.36. The van der Waals surface area contributed by atoms with E-state index in [0.717, 1.165) is 11.3 Å². The van der Waals surface area contributed by atoms with Gasteiger partial charge in [0, 0.05) is 11.8 Å². The lowest BCUT2D eigenvalue weighted by atomic mass is 9.87. The number of aromatic nitrogens is 1. The van der Waals surface area contributed by atoms with Crippen LogP contribution in [0.3, 0.4) is 0 Å². The molecule has 0 aliphatic heterocycles. The fourth-order valence-corrected chi connectivity index (χ4v) is 2.94. The van der Waals surface area contributed by atoms with Gasteiger partial charge in [-0.05, 0) is 24.8 Å². The number of hydrogen-bond acceptors (Lipinski definition) is 4. The smallest absolute Gasteiger partial charge is 0.141 e. The van der Waals surface area contributed by atoms with Crippen molar-refractivity contribution in [1.29, 1.82) is 0 Å². The van der Waals surface area contributed by atoms with E-state index in [1.165, 1.54) is 38.5 Å². The summed E-state index contributed by atoms with van der Waals surface area (Å²) in [5.41, 5.74) is 4.11. The van der Waals surface area contributed by atoms with Gasteiger partial charge in [0.15, 0.2) is 0 Å². The molecule has 100 valence electrons. The number of hydrogen-bond donors (Lipinski definition) is 2. The van der Waals surface area contributed by atoms with Crippen molar-refractivity contribution < 1.29 is 4.74 Å². The molecule has 1 aromatic heterocycles. The molecule has 3 N–H and O–H groups in total. The van der Waals surface area contributed by atoms with Crippen LogP contribution in [0.15, 0.2) is 18.5 Å². The van der Waals surface area contributed by atoms with Crippen LogP contribution in [0.2, 0.25) is 0 Å². The Morgan fingerprint density at radius 3 is 2.67 bits per heavy atom. The number of nitrogens with zero attached hydrogens (tertiary/aromatic N) is 1. The zero-order chi connectivity index (χ0) is 12.8. The lowest BCUT2D eigenvalue weighted by Gasteiger charge is -2.27. The minimum Gasteiger partial charge on any atom is -0.495 e. The molecule has 1 unspecified atom stereocenters. The Labute approximate surface area is 109 Å². The highest BCUT2D eigenvalue weighted by atomic mass is 16.5. The van der Waals surface area contributed by atoms with Gasteiger partial charge < -0.3 is 4.74 Å². The Bertz CT molecular complexity index is 362. The predicted molar refractivity (Wildman–Crippen MR) is 72.0 cm³/mol. The third-order valence-electron chi connectivity index (χ3n) is 3.92. The highest BCUT2D eigenvalue weighted by Gasteiger charge is 2.25. The maximum Gasteiger partial charge on any atom is 0.141 e. The first-order valence-electron chi connectivity index (χ1n) is 6.81. The van der Waals surface area contributed by atoms with Crippen molar-refractivity contribution in [2.24, 2.45) is 11.8 Å². The van der Waals surface area contributed by atoms with Crippen LogP contribution in [0.25, 0.3) is 0 Å². The summed E-state index contributed by atoms with van der Waals surface area (Å²) in [4.78, 5) is 4.10. The summed E-state index contributed by atoms with van der Waals surface area (Å²) in [6.45, 7) is 0. The van der Waals surface area contributed by atoms with Crippen molar-refractivity contribution in [3.8, 4) is 5.75 Å². The fourth-order valence-electron chi connectivity index (χ4n) is 2.94. The molecule has 4 heteroatoms. The van der Waals surface area contributed by atoms with Crippen LogP contribution in [0, 0.1) is 5.92 Å². The molecule has 1 fully saturated rings. The van der Waals surface area contributed by atoms with E-state index in [9.17, 15) is 0 Å². The second kappa shape index (κ2) is 6.71. The Balaban J connectivity index is 2.20. The van der Waals surface area contributed by atoms with Crippen LogP contribution in [0.1, 0.15) is 50.1 Å². The Morgan fingerprint density at radius 1 is 1.33 bits per heavy atom. The predicted octanol–water partition coefficient (Wildman–Crippen LogP) is 2.57. The van der Waals surface area contributed by atoms with Crippen molar-refractivity contribution >= 4 is 0 Å². The van der Waals surface area contributed by atoms with E-state index in [1.807, 2.05) is 6.07 Å². The molecule has 0 saturated heterocycles. The van der Waals surface area contributed by atoms with Gasteiger partial charge in [-0.2, -0.15) is 0 Å². The Morgan fingerprint density at radius 2 is 2.06 bits per heavy atom. The lowest BCUT2D eigenvalue weighted by Crippen LogP contribution is -2.33. The summed E-state index contributed by atoms with van der Waals surface area (Å²) in [6, 6.07) is 2.18. The summed E-state index contributed by atoms with van der Waals surface area (Å²) in [5, 5.41) is 0. The van der Waals surface area contributed by atoms with E-state index in [4.69, 9.17) is 10.6 Å². The fraction of sp³-hybridized carbons (Fsp3) is 0.643. The van der Waals surface area contributed by atoms with Crippen molar-refractivity contribution in [3.63, 3.8) is 0 Å². The first-order valence-corrected chi connectivity index (χ1v) is 6.81. The number of pyridine rings is 1. The number of methoxy groups -OCH3 is 1. The molecule has 1 atom stereocenters. The normalized spacial score (nSPS) is 19.2. The van der Waals surface area contributed by atoms with Gasteiger partial charge in [0.25, 0.3) is 0 Å². The second-order valence-corrected chi connectivity index (χ2v) is 5.01. The third-order valence-corrected chi connectivity index (χ3v) is 3.92. The van der Waals surface area contributed by atoms with Gasteiger partial charge in [-0.3, -0.25) is 16.3 Å². The van der Waals surface area contributed by atoms with Gasteiger partial charge in [0.1, 0.15) is 5.75 Å². The number of ether oxygens (including phenoxy) is 1. The number of nitrogens with two attached hydrogens (primary N) is 1. The van der Waals surface area contributed by atoms with E-state index < -0.39 is 0 Å². The van der Waals surface area contributed by atoms with Gasteiger partial charge >= 0.3 is 0 Å². The Hall–Kier alpha value is -1.13. The van der Waals surface area contributed by atoms with Gasteiger partial charge in [-0.15, -0.1) is 0 Å². The van der Waals surface area contributed by atoms with E-state index >= 15 is 0 Å². The van der Waals surface area contributed by atoms with Gasteiger partial charge in [0.05, 0.1) is 19.3 Å². The molecule has 1 heterocycles. The molecule has 1 saturated carbocycles. The molecule has 4 nitrogen and oxygen atoms in total. The third kappa shape index (κ3) is 3.00. The summed E-state index contributed by atoms with van der Waals surface area (Å²) in [6.07, 6.45) is 11.3. The Kier molecular flexibility index (Phi) is 4.96. The van der Waals surface area contributed by atoms with E-state index in [-0.39, 0.29) is 6.04 Å². The molecule has 0 spiro atoms. The summed E-state index contributed by atoms with van der Waals surface area (Å²) in [7, 11) is 1.68. The maximum absolute atomic E-state index is 5.78. The van der Waals surface area contributed by atoms with Crippen LogP contribution < -0.4 is 16.0 Å². The van der Waals surface area contributed by atoms with Crippen molar-refractivity contribution in [3.05, 3.63) is 24.0 Å². The van der Waals surface area contributed by atoms with E-state index in [1.54, 1.807) is 19.5 Å². The summed E-state index contributed by atoms with van der Waals surface area (Å²) >= 11 is 0. The summed E-state index contributed by atoms with van der Waals surface area (Å²) in [5.74, 6) is 7.20. The number of hydrazine groups is 1. The van der Waals surface area contributed by atoms with Gasteiger partial charge in [-0.1, -0.05) is 25.7 Å². The van der Waals surface area contributed by atoms with Gasteiger partial charge in [-0.25, -0.2) is 0 Å². The molecule has 0 bridgehead atoms. The van der Waals surface area contributed by atoms with Crippen LogP contribution in [0.4, 0.5) is 0 Å². The average Bonchev–Trinajstić information content (AvgIpc) is 2.69. The van der Waals surface area contributed by atoms with Crippen LogP contribution in [-0.4, -0.2) is 12.1 Å². The second-order valence-electron chi connectivity index (χ2n) is 5.01. The summed E-state index contributed by atoms with van der Waals surface area (Å²) < 4.78 is 5.39. The van der Waals surface area contributed by atoms with E-state index in [0.29, 0.717) is 5.92 Å².